The van der Waals surface area contributed by atoms with Gasteiger partial charge in [-0.05, 0) is 12.3 Å². The van der Waals surface area contributed by atoms with Gasteiger partial charge in [0.15, 0.2) is 0 Å². The zero-order valence-corrected chi connectivity index (χ0v) is 12.9. The van der Waals surface area contributed by atoms with Crippen LogP contribution in [0.25, 0.3) is 0 Å². The van der Waals surface area contributed by atoms with Gasteiger partial charge in [-0.2, -0.15) is 5.10 Å². The van der Waals surface area contributed by atoms with Crippen molar-refractivity contribution in [3.05, 3.63) is 21.6 Å². The Morgan fingerprint density at radius 2 is 2.16 bits per heavy atom. The van der Waals surface area contributed by atoms with E-state index in [-0.39, 0.29) is 22.0 Å². The molecule has 0 aliphatic heterocycles. The van der Waals surface area contributed by atoms with E-state index in [0.717, 1.165) is 0 Å². The molecule has 6 heteroatoms. The quantitative estimate of drug-likeness (QED) is 0.903. The topological polar surface area (TPSA) is 56.1 Å². The number of rotatable bonds is 5. The van der Waals surface area contributed by atoms with Crippen LogP contribution in [0.15, 0.2) is 11.0 Å². The third-order valence-corrected chi connectivity index (χ3v) is 3.53. The van der Waals surface area contributed by atoms with Crippen molar-refractivity contribution in [1.29, 1.82) is 0 Å². The Balaban J connectivity index is 2.94. The van der Waals surface area contributed by atoms with Gasteiger partial charge in [-0.15, -0.1) is 0 Å². The van der Waals surface area contributed by atoms with Crippen molar-refractivity contribution >= 4 is 17.3 Å². The summed E-state index contributed by atoms with van der Waals surface area (Å²) in [5, 5.41) is 7.49. The van der Waals surface area contributed by atoms with E-state index in [1.807, 2.05) is 6.92 Å². The molecule has 0 saturated carbocycles. The number of ether oxygens (including phenoxy) is 1. The predicted molar refractivity (Wildman–Crippen MR) is 77.9 cm³/mol. The molecule has 19 heavy (non-hydrogen) atoms. The molecule has 108 valence electrons. The molecule has 1 unspecified atom stereocenters. The predicted octanol–water partition coefficient (Wildman–Crippen LogP) is 2.39. The largest absolute Gasteiger partial charge is 0.383 e. The number of nitrogens with one attached hydrogen (secondary N) is 1. The summed E-state index contributed by atoms with van der Waals surface area (Å²) >= 11 is 6.09. The number of halogens is 1. The van der Waals surface area contributed by atoms with E-state index >= 15 is 0 Å². The van der Waals surface area contributed by atoms with Crippen LogP contribution in [0, 0.1) is 5.41 Å². The Labute approximate surface area is 118 Å². The highest BCUT2D eigenvalue weighted by molar-refractivity contribution is 6.32. The summed E-state index contributed by atoms with van der Waals surface area (Å²) in [6.45, 7) is 9.22. The second-order valence-electron chi connectivity index (χ2n) is 5.63. The molecule has 1 aromatic rings. The molecule has 0 bridgehead atoms. The normalized spacial score (nSPS) is 13.4. The second kappa shape index (κ2) is 6.39. The van der Waals surface area contributed by atoms with E-state index in [4.69, 9.17) is 16.3 Å². The van der Waals surface area contributed by atoms with E-state index < -0.39 is 0 Å². The fourth-order valence-electron chi connectivity index (χ4n) is 1.35. The first kappa shape index (κ1) is 16.0. The Hall–Kier alpha value is -1.07. The van der Waals surface area contributed by atoms with Gasteiger partial charge in [0, 0.05) is 13.2 Å². The lowest BCUT2D eigenvalue weighted by atomic mass is 9.88. The highest BCUT2D eigenvalue weighted by Crippen LogP contribution is 2.24. The molecule has 0 spiro atoms. The van der Waals surface area contributed by atoms with Gasteiger partial charge >= 0.3 is 0 Å². The zero-order valence-electron chi connectivity index (χ0n) is 12.2. The van der Waals surface area contributed by atoms with Gasteiger partial charge in [0.1, 0.15) is 5.02 Å². The van der Waals surface area contributed by atoms with E-state index in [1.54, 1.807) is 13.3 Å². The number of methoxy groups -OCH3 is 1. The van der Waals surface area contributed by atoms with Gasteiger partial charge in [-0.3, -0.25) is 4.79 Å². The number of hydrogen-bond donors (Lipinski definition) is 1. The molecule has 1 atom stereocenters. The lowest BCUT2D eigenvalue weighted by Gasteiger charge is -2.29. The van der Waals surface area contributed by atoms with Crippen molar-refractivity contribution in [2.24, 2.45) is 5.41 Å². The minimum atomic E-state index is -0.301. The van der Waals surface area contributed by atoms with Crippen molar-refractivity contribution in [2.75, 3.05) is 19.0 Å². The Kier molecular flexibility index (Phi) is 5.38. The van der Waals surface area contributed by atoms with Crippen LogP contribution in [0.2, 0.25) is 5.02 Å². The van der Waals surface area contributed by atoms with Crippen LogP contribution in [0.3, 0.4) is 0 Å². The molecular weight excluding hydrogens is 266 g/mol. The van der Waals surface area contributed by atoms with Gasteiger partial charge in [0.05, 0.1) is 25.0 Å². The lowest BCUT2D eigenvalue weighted by Crippen LogP contribution is -2.33. The maximum atomic E-state index is 12.0. The van der Waals surface area contributed by atoms with Crippen molar-refractivity contribution in [3.8, 4) is 0 Å². The summed E-state index contributed by atoms with van der Waals surface area (Å²) in [5.41, 5.74) is 0.335. The molecule has 5 nitrogen and oxygen atoms in total. The smallest absolute Gasteiger partial charge is 0.287 e. The monoisotopic (exact) mass is 287 g/mol. The molecule has 0 amide bonds. The average Bonchev–Trinajstić information content (AvgIpc) is 2.33. The molecule has 0 saturated heterocycles. The van der Waals surface area contributed by atoms with Crippen molar-refractivity contribution in [1.82, 2.24) is 9.78 Å². The summed E-state index contributed by atoms with van der Waals surface area (Å²) < 4.78 is 6.23. The fourth-order valence-corrected chi connectivity index (χ4v) is 1.55. The van der Waals surface area contributed by atoms with E-state index in [9.17, 15) is 4.79 Å². The maximum absolute atomic E-state index is 12.0. The van der Waals surface area contributed by atoms with Gasteiger partial charge in [-0.25, -0.2) is 4.68 Å². The van der Waals surface area contributed by atoms with Crippen LogP contribution in [0.4, 0.5) is 5.69 Å². The molecular formula is C13H22ClN3O2. The van der Waals surface area contributed by atoms with Crippen LogP contribution < -0.4 is 10.9 Å². The SMILES string of the molecule is COCCn1ncc(NC(C)C(C)(C)C)c(Cl)c1=O. The maximum Gasteiger partial charge on any atom is 0.287 e. The lowest BCUT2D eigenvalue weighted by molar-refractivity contribution is 0.182. The first-order valence-corrected chi connectivity index (χ1v) is 6.66. The van der Waals surface area contributed by atoms with E-state index in [2.05, 4.69) is 31.2 Å². The number of nitrogens with zero attached hydrogens (tertiary/aromatic N) is 2. The van der Waals surface area contributed by atoms with Crippen molar-refractivity contribution in [2.45, 2.75) is 40.3 Å². The number of hydrogen-bond acceptors (Lipinski definition) is 4. The molecule has 0 aliphatic carbocycles. The van der Waals surface area contributed by atoms with Gasteiger partial charge in [-0.1, -0.05) is 32.4 Å². The van der Waals surface area contributed by atoms with Gasteiger partial charge in [0.2, 0.25) is 0 Å². The number of anilines is 1. The molecule has 0 aliphatic rings. The molecule has 0 radical (unpaired) electrons. The third-order valence-electron chi connectivity index (χ3n) is 3.16. The summed E-state index contributed by atoms with van der Waals surface area (Å²) in [6.07, 6.45) is 1.58. The molecule has 0 aromatic carbocycles. The molecule has 1 N–H and O–H groups in total. The molecule has 1 rings (SSSR count). The average molecular weight is 288 g/mol. The Bertz CT molecular complexity index is 480. The summed E-state index contributed by atoms with van der Waals surface area (Å²) in [7, 11) is 1.58. The summed E-state index contributed by atoms with van der Waals surface area (Å²) in [4.78, 5) is 12.0. The Morgan fingerprint density at radius 3 is 2.68 bits per heavy atom. The molecule has 1 aromatic heterocycles. The van der Waals surface area contributed by atoms with Crippen LogP contribution >= 0.6 is 11.6 Å². The third kappa shape index (κ3) is 4.21. The van der Waals surface area contributed by atoms with Crippen LogP contribution in [-0.4, -0.2) is 29.5 Å². The van der Waals surface area contributed by atoms with Crippen molar-refractivity contribution < 1.29 is 4.74 Å². The minimum Gasteiger partial charge on any atom is -0.383 e. The van der Waals surface area contributed by atoms with Crippen LogP contribution in [0.1, 0.15) is 27.7 Å². The van der Waals surface area contributed by atoms with Gasteiger partial charge in [0.25, 0.3) is 5.56 Å². The number of aromatic nitrogens is 2. The molecule has 1 heterocycles. The highest BCUT2D eigenvalue weighted by atomic mass is 35.5. The first-order valence-electron chi connectivity index (χ1n) is 6.28. The Morgan fingerprint density at radius 1 is 1.53 bits per heavy atom. The second-order valence-corrected chi connectivity index (χ2v) is 6.00. The van der Waals surface area contributed by atoms with Crippen LogP contribution in [-0.2, 0) is 11.3 Å². The first-order chi connectivity index (χ1) is 8.77. The summed E-state index contributed by atoms with van der Waals surface area (Å²) in [6, 6.07) is 0.168. The zero-order chi connectivity index (χ0) is 14.6. The highest BCUT2D eigenvalue weighted by Gasteiger charge is 2.21. The fraction of sp³-hybridized carbons (Fsp3) is 0.692. The standard InChI is InChI=1S/C13H22ClN3O2/c1-9(13(2,3)4)16-10-8-15-17(6-7-19-5)12(18)11(10)14/h8-9,16H,6-7H2,1-5H3. The van der Waals surface area contributed by atoms with Crippen LogP contribution in [0.5, 0.6) is 0 Å². The summed E-state index contributed by atoms with van der Waals surface area (Å²) in [5.74, 6) is 0. The van der Waals surface area contributed by atoms with E-state index in [1.165, 1.54) is 4.68 Å². The van der Waals surface area contributed by atoms with Crippen molar-refractivity contribution in [3.63, 3.8) is 0 Å². The van der Waals surface area contributed by atoms with Gasteiger partial charge < -0.3 is 10.1 Å². The molecule has 0 fully saturated rings. The van der Waals surface area contributed by atoms with E-state index in [0.29, 0.717) is 18.8 Å². The minimum absolute atomic E-state index is 0.0637.